The monoisotopic (exact) mass is 392 g/mol. The SMILES string of the molecule is CC(C)[C@H](NC(=O)c1ccc(S(=O)(=O)N2CCCC2)cc1)c1cccs1. The second-order valence-electron chi connectivity index (χ2n) is 6.85. The molecular formula is C19H24N2O3S2. The van der Waals surface area contributed by atoms with Crippen LogP contribution in [0.2, 0.25) is 0 Å². The molecule has 2 heterocycles. The fraction of sp³-hybridized carbons (Fsp3) is 0.421. The number of nitrogens with zero attached hydrogens (tertiary/aromatic N) is 1. The molecule has 0 bridgehead atoms. The topological polar surface area (TPSA) is 66.5 Å². The van der Waals surface area contributed by atoms with Gasteiger partial charge in [0, 0.05) is 23.5 Å². The highest BCUT2D eigenvalue weighted by atomic mass is 32.2. The maximum Gasteiger partial charge on any atom is 0.251 e. The van der Waals surface area contributed by atoms with Gasteiger partial charge in [-0.1, -0.05) is 19.9 Å². The average Bonchev–Trinajstić information content (AvgIpc) is 3.32. The van der Waals surface area contributed by atoms with Crippen molar-refractivity contribution in [2.45, 2.75) is 37.6 Å². The first-order valence-electron chi connectivity index (χ1n) is 8.84. The fourth-order valence-corrected chi connectivity index (χ4v) is 5.58. The first-order chi connectivity index (χ1) is 12.4. The van der Waals surface area contributed by atoms with Crippen molar-refractivity contribution in [2.24, 2.45) is 5.92 Å². The van der Waals surface area contributed by atoms with Crippen molar-refractivity contribution < 1.29 is 13.2 Å². The molecule has 1 amide bonds. The molecule has 0 aliphatic carbocycles. The van der Waals surface area contributed by atoms with Crippen LogP contribution in [-0.2, 0) is 10.0 Å². The average molecular weight is 393 g/mol. The molecule has 1 N–H and O–H groups in total. The van der Waals surface area contributed by atoms with E-state index in [0.29, 0.717) is 18.7 Å². The van der Waals surface area contributed by atoms with Gasteiger partial charge in [-0.25, -0.2) is 8.42 Å². The van der Waals surface area contributed by atoms with Crippen molar-refractivity contribution in [3.05, 3.63) is 52.2 Å². The Morgan fingerprint density at radius 3 is 2.31 bits per heavy atom. The third kappa shape index (κ3) is 4.00. The predicted molar refractivity (Wildman–Crippen MR) is 104 cm³/mol. The lowest BCUT2D eigenvalue weighted by atomic mass is 10.0. The number of amides is 1. The molecule has 3 rings (SSSR count). The second kappa shape index (κ2) is 7.90. The molecule has 0 spiro atoms. The molecule has 26 heavy (non-hydrogen) atoms. The van der Waals surface area contributed by atoms with Crippen LogP contribution in [0.5, 0.6) is 0 Å². The van der Waals surface area contributed by atoms with Crippen molar-refractivity contribution in [3.63, 3.8) is 0 Å². The number of hydrogen-bond acceptors (Lipinski definition) is 4. The summed E-state index contributed by atoms with van der Waals surface area (Å²) in [6.45, 7) is 5.27. The Bertz CT molecular complexity index is 837. The van der Waals surface area contributed by atoms with Crippen molar-refractivity contribution in [1.82, 2.24) is 9.62 Å². The number of nitrogens with one attached hydrogen (secondary N) is 1. The van der Waals surface area contributed by atoms with Crippen LogP contribution in [0.1, 0.15) is 48.0 Å². The number of rotatable bonds is 6. The number of carbonyl (C=O) groups is 1. The maximum atomic E-state index is 12.6. The number of sulfonamides is 1. The summed E-state index contributed by atoms with van der Waals surface area (Å²) in [6, 6.07) is 10.2. The van der Waals surface area contributed by atoms with Gasteiger partial charge in [0.05, 0.1) is 10.9 Å². The number of hydrogen-bond donors (Lipinski definition) is 1. The van der Waals surface area contributed by atoms with Crippen molar-refractivity contribution in [3.8, 4) is 0 Å². The molecule has 7 heteroatoms. The summed E-state index contributed by atoms with van der Waals surface area (Å²) in [5.41, 5.74) is 0.465. The van der Waals surface area contributed by atoms with Gasteiger partial charge < -0.3 is 5.32 Å². The lowest BCUT2D eigenvalue weighted by Crippen LogP contribution is -2.31. The summed E-state index contributed by atoms with van der Waals surface area (Å²) in [5, 5.41) is 5.05. The third-order valence-corrected chi connectivity index (χ3v) is 7.49. The van der Waals surface area contributed by atoms with Crippen LogP contribution in [0, 0.1) is 5.92 Å². The van der Waals surface area contributed by atoms with Crippen LogP contribution >= 0.6 is 11.3 Å². The molecule has 5 nitrogen and oxygen atoms in total. The van der Waals surface area contributed by atoms with Crippen molar-refractivity contribution in [1.29, 1.82) is 0 Å². The molecule has 1 aliphatic heterocycles. The molecule has 1 aliphatic rings. The summed E-state index contributed by atoms with van der Waals surface area (Å²) in [6.07, 6.45) is 1.80. The molecule has 1 saturated heterocycles. The van der Waals surface area contributed by atoms with E-state index in [1.54, 1.807) is 23.5 Å². The highest BCUT2D eigenvalue weighted by Gasteiger charge is 2.27. The molecule has 0 radical (unpaired) electrons. The molecular weight excluding hydrogens is 368 g/mol. The zero-order valence-corrected chi connectivity index (χ0v) is 16.6. The van der Waals surface area contributed by atoms with Gasteiger partial charge in [-0.3, -0.25) is 4.79 Å². The molecule has 2 aromatic rings. The molecule has 0 unspecified atom stereocenters. The second-order valence-corrected chi connectivity index (χ2v) is 9.76. The summed E-state index contributed by atoms with van der Waals surface area (Å²) in [7, 11) is -3.45. The van der Waals surface area contributed by atoms with Gasteiger partial charge in [0.1, 0.15) is 0 Å². The summed E-state index contributed by atoms with van der Waals surface area (Å²) < 4.78 is 26.6. The standard InChI is InChI=1S/C19H24N2O3S2/c1-14(2)18(17-6-5-13-25-17)20-19(22)15-7-9-16(10-8-15)26(23,24)21-11-3-4-12-21/h5-10,13-14,18H,3-4,11-12H2,1-2H3,(H,20,22)/t18-/m0/s1. The van der Waals surface area contributed by atoms with Gasteiger partial charge in [0.2, 0.25) is 10.0 Å². The minimum absolute atomic E-state index is 0.0597. The van der Waals surface area contributed by atoms with E-state index in [1.807, 2.05) is 17.5 Å². The van der Waals surface area contributed by atoms with Gasteiger partial charge in [-0.15, -0.1) is 11.3 Å². The Balaban J connectivity index is 1.74. The van der Waals surface area contributed by atoms with Gasteiger partial charge in [-0.2, -0.15) is 4.31 Å². The fourth-order valence-electron chi connectivity index (χ4n) is 3.11. The van der Waals surface area contributed by atoms with Crippen molar-refractivity contribution in [2.75, 3.05) is 13.1 Å². The molecule has 1 aromatic carbocycles. The van der Waals surface area contributed by atoms with Gasteiger partial charge >= 0.3 is 0 Å². The third-order valence-electron chi connectivity index (χ3n) is 4.62. The van der Waals surface area contributed by atoms with Gasteiger partial charge in [-0.05, 0) is 54.5 Å². The minimum atomic E-state index is -3.45. The zero-order chi connectivity index (χ0) is 18.7. The number of benzene rings is 1. The highest BCUT2D eigenvalue weighted by Crippen LogP contribution is 2.26. The minimum Gasteiger partial charge on any atom is -0.344 e. The van der Waals surface area contributed by atoms with E-state index >= 15 is 0 Å². The quantitative estimate of drug-likeness (QED) is 0.816. The van der Waals surface area contributed by atoms with Crippen LogP contribution in [-0.4, -0.2) is 31.7 Å². The zero-order valence-electron chi connectivity index (χ0n) is 15.0. The van der Waals surface area contributed by atoms with E-state index in [9.17, 15) is 13.2 Å². The highest BCUT2D eigenvalue weighted by molar-refractivity contribution is 7.89. The Labute approximate surface area is 159 Å². The van der Waals surface area contributed by atoms with Crippen LogP contribution in [0.15, 0.2) is 46.7 Å². The smallest absolute Gasteiger partial charge is 0.251 e. The molecule has 0 saturated carbocycles. The summed E-state index contributed by atoms with van der Waals surface area (Å²) in [5.74, 6) is 0.0645. The van der Waals surface area contributed by atoms with Crippen LogP contribution < -0.4 is 5.32 Å². The van der Waals surface area contributed by atoms with Crippen LogP contribution in [0.25, 0.3) is 0 Å². The summed E-state index contributed by atoms with van der Waals surface area (Å²) >= 11 is 1.62. The Kier molecular flexibility index (Phi) is 5.79. The van der Waals surface area contributed by atoms with E-state index in [1.165, 1.54) is 16.4 Å². The van der Waals surface area contributed by atoms with E-state index in [-0.39, 0.29) is 22.8 Å². The predicted octanol–water partition coefficient (Wildman–Crippen LogP) is 3.66. The number of thiophene rings is 1. The lowest BCUT2D eigenvalue weighted by Gasteiger charge is -2.21. The Morgan fingerprint density at radius 2 is 1.77 bits per heavy atom. The van der Waals surface area contributed by atoms with Gasteiger partial charge in [0.15, 0.2) is 0 Å². The van der Waals surface area contributed by atoms with Crippen molar-refractivity contribution >= 4 is 27.3 Å². The first-order valence-corrected chi connectivity index (χ1v) is 11.2. The van der Waals surface area contributed by atoms with E-state index in [2.05, 4.69) is 19.2 Å². The molecule has 1 fully saturated rings. The van der Waals surface area contributed by atoms with Gasteiger partial charge in [0.25, 0.3) is 5.91 Å². The lowest BCUT2D eigenvalue weighted by molar-refractivity contribution is 0.0926. The molecule has 140 valence electrons. The molecule has 1 aromatic heterocycles. The van der Waals surface area contributed by atoms with Crippen LogP contribution in [0.3, 0.4) is 0 Å². The first kappa shape index (κ1) is 19.1. The van der Waals surface area contributed by atoms with E-state index in [0.717, 1.165) is 17.7 Å². The maximum absolute atomic E-state index is 12.6. The Hall–Kier alpha value is -1.70. The normalized spacial score (nSPS) is 16.7. The molecule has 1 atom stereocenters. The van der Waals surface area contributed by atoms with E-state index in [4.69, 9.17) is 0 Å². The number of carbonyl (C=O) groups excluding carboxylic acids is 1. The van der Waals surface area contributed by atoms with Crippen LogP contribution in [0.4, 0.5) is 0 Å². The Morgan fingerprint density at radius 1 is 1.12 bits per heavy atom. The summed E-state index contributed by atoms with van der Waals surface area (Å²) in [4.78, 5) is 14.0. The van der Waals surface area contributed by atoms with E-state index < -0.39 is 10.0 Å². The largest absolute Gasteiger partial charge is 0.344 e.